The molecule has 0 N–H and O–H groups in total. The highest BCUT2D eigenvalue weighted by atomic mass is 16.6. The molecule has 0 fully saturated rings. The highest BCUT2D eigenvalue weighted by Gasteiger charge is 2.20. The number of esters is 1. The summed E-state index contributed by atoms with van der Waals surface area (Å²) in [4.78, 5) is 12.1. The molecule has 0 radical (unpaired) electrons. The van der Waals surface area contributed by atoms with Gasteiger partial charge in [-0.1, -0.05) is 48.5 Å². The molecule has 1 unspecified atom stereocenters. The van der Waals surface area contributed by atoms with Crippen molar-refractivity contribution in [1.29, 1.82) is 0 Å². The van der Waals surface area contributed by atoms with Crippen LogP contribution < -0.4 is 4.74 Å². The standard InChI is InChI=1S/C27H29NO4/c1-3-30-26(27(29)31-4-2)19-20-13-15-21(16-14-20)32-18-17-28-24-11-7-5-9-22(24)23-10-6-8-12-25(23)28/h5-16,26H,3-4,17-19H2,1-2H3. The topological polar surface area (TPSA) is 49.7 Å². The third kappa shape index (κ3) is 4.78. The molecular weight excluding hydrogens is 402 g/mol. The second-order valence-corrected chi connectivity index (χ2v) is 7.58. The van der Waals surface area contributed by atoms with Gasteiger partial charge in [0.1, 0.15) is 12.4 Å². The minimum Gasteiger partial charge on any atom is -0.492 e. The predicted molar refractivity (Wildman–Crippen MR) is 127 cm³/mol. The highest BCUT2D eigenvalue weighted by Crippen LogP contribution is 2.28. The Balaban J connectivity index is 1.40. The molecule has 3 aromatic carbocycles. The Kier molecular flexibility index (Phi) is 7.07. The van der Waals surface area contributed by atoms with Gasteiger partial charge in [0.05, 0.1) is 13.2 Å². The third-order valence-corrected chi connectivity index (χ3v) is 5.53. The number of nitrogens with zero attached hydrogens (tertiary/aromatic N) is 1. The Hall–Kier alpha value is -3.31. The van der Waals surface area contributed by atoms with Crippen LogP contribution in [0.4, 0.5) is 0 Å². The Morgan fingerprint density at radius 2 is 1.47 bits per heavy atom. The van der Waals surface area contributed by atoms with E-state index in [1.54, 1.807) is 6.92 Å². The summed E-state index contributed by atoms with van der Waals surface area (Å²) in [6.45, 7) is 5.80. The van der Waals surface area contributed by atoms with Crippen molar-refractivity contribution in [3.05, 3.63) is 78.4 Å². The first-order valence-electron chi connectivity index (χ1n) is 11.2. The van der Waals surface area contributed by atoms with E-state index >= 15 is 0 Å². The first-order chi connectivity index (χ1) is 15.7. The summed E-state index contributed by atoms with van der Waals surface area (Å²) in [6, 6.07) is 24.8. The van der Waals surface area contributed by atoms with E-state index in [1.807, 2.05) is 31.2 Å². The van der Waals surface area contributed by atoms with E-state index in [0.717, 1.165) is 17.9 Å². The molecule has 4 aromatic rings. The van der Waals surface area contributed by atoms with Crippen LogP contribution in [0.25, 0.3) is 21.8 Å². The number of carbonyl (C=O) groups is 1. The lowest BCUT2D eigenvalue weighted by Crippen LogP contribution is -2.28. The molecule has 0 bridgehead atoms. The van der Waals surface area contributed by atoms with Crippen LogP contribution >= 0.6 is 0 Å². The minimum atomic E-state index is -0.581. The van der Waals surface area contributed by atoms with Crippen molar-refractivity contribution in [1.82, 2.24) is 4.57 Å². The first kappa shape index (κ1) is 21.9. The zero-order chi connectivity index (χ0) is 22.3. The van der Waals surface area contributed by atoms with Gasteiger partial charge >= 0.3 is 5.97 Å². The van der Waals surface area contributed by atoms with E-state index in [2.05, 4.69) is 53.1 Å². The van der Waals surface area contributed by atoms with E-state index in [1.165, 1.54) is 21.8 Å². The molecule has 0 amide bonds. The molecule has 0 spiro atoms. The summed E-state index contributed by atoms with van der Waals surface area (Å²) in [5.74, 6) is 0.486. The van der Waals surface area contributed by atoms with Crippen LogP contribution in [0.2, 0.25) is 0 Å². The van der Waals surface area contributed by atoms with Crippen molar-refractivity contribution in [2.24, 2.45) is 0 Å². The average molecular weight is 432 g/mol. The van der Waals surface area contributed by atoms with Crippen molar-refractivity contribution in [3.63, 3.8) is 0 Å². The number of aromatic nitrogens is 1. The molecule has 0 saturated carbocycles. The van der Waals surface area contributed by atoms with Gasteiger partial charge in [-0.3, -0.25) is 0 Å². The zero-order valence-corrected chi connectivity index (χ0v) is 18.6. The largest absolute Gasteiger partial charge is 0.492 e. The van der Waals surface area contributed by atoms with Crippen molar-refractivity contribution in [2.75, 3.05) is 19.8 Å². The molecule has 0 aliphatic heterocycles. The molecule has 0 aliphatic rings. The molecule has 1 heterocycles. The molecule has 32 heavy (non-hydrogen) atoms. The van der Waals surface area contributed by atoms with E-state index in [4.69, 9.17) is 14.2 Å². The maximum atomic E-state index is 12.1. The summed E-state index contributed by atoms with van der Waals surface area (Å²) in [6.07, 6.45) is -0.101. The second-order valence-electron chi connectivity index (χ2n) is 7.58. The van der Waals surface area contributed by atoms with E-state index in [9.17, 15) is 4.79 Å². The molecular formula is C27H29NO4. The van der Waals surface area contributed by atoms with Crippen LogP contribution in [0.1, 0.15) is 19.4 Å². The lowest BCUT2D eigenvalue weighted by molar-refractivity contribution is -0.156. The molecule has 5 heteroatoms. The normalized spacial score (nSPS) is 12.2. The van der Waals surface area contributed by atoms with Gasteiger partial charge in [-0.05, 0) is 43.7 Å². The number of hydrogen-bond acceptors (Lipinski definition) is 4. The maximum Gasteiger partial charge on any atom is 0.335 e. The molecule has 1 atom stereocenters. The van der Waals surface area contributed by atoms with Crippen LogP contribution in [0, 0.1) is 0 Å². The summed E-state index contributed by atoms with van der Waals surface area (Å²) in [5.41, 5.74) is 3.44. The van der Waals surface area contributed by atoms with Crippen LogP contribution in [0.3, 0.4) is 0 Å². The highest BCUT2D eigenvalue weighted by molar-refractivity contribution is 6.07. The van der Waals surface area contributed by atoms with Gasteiger partial charge in [-0.15, -0.1) is 0 Å². The monoisotopic (exact) mass is 431 g/mol. The predicted octanol–water partition coefficient (Wildman–Crippen LogP) is 5.38. The average Bonchev–Trinajstić information content (AvgIpc) is 3.14. The van der Waals surface area contributed by atoms with Gasteiger partial charge in [0.25, 0.3) is 0 Å². The molecule has 166 valence electrons. The smallest absolute Gasteiger partial charge is 0.335 e. The Morgan fingerprint density at radius 1 is 0.844 bits per heavy atom. The summed E-state index contributed by atoms with van der Waals surface area (Å²) < 4.78 is 19.0. The number of para-hydroxylation sites is 2. The van der Waals surface area contributed by atoms with Crippen molar-refractivity contribution in [3.8, 4) is 5.75 Å². The Bertz CT molecular complexity index is 1130. The quantitative estimate of drug-likeness (QED) is 0.316. The number of ether oxygens (including phenoxy) is 3. The van der Waals surface area contributed by atoms with E-state index in [-0.39, 0.29) is 5.97 Å². The van der Waals surface area contributed by atoms with Crippen molar-refractivity contribution >= 4 is 27.8 Å². The van der Waals surface area contributed by atoms with Gasteiger partial charge < -0.3 is 18.8 Å². The molecule has 0 aliphatic carbocycles. The van der Waals surface area contributed by atoms with Crippen LogP contribution in [-0.4, -0.2) is 36.5 Å². The molecule has 1 aromatic heterocycles. The fourth-order valence-electron chi connectivity index (χ4n) is 4.08. The van der Waals surface area contributed by atoms with Crippen LogP contribution in [0.15, 0.2) is 72.8 Å². The van der Waals surface area contributed by atoms with Gasteiger partial charge in [0, 0.05) is 34.8 Å². The van der Waals surface area contributed by atoms with Crippen LogP contribution in [0.5, 0.6) is 5.75 Å². The van der Waals surface area contributed by atoms with E-state index in [0.29, 0.717) is 26.2 Å². The number of carbonyl (C=O) groups excluding carboxylic acids is 1. The summed E-state index contributed by atoms with van der Waals surface area (Å²) >= 11 is 0. The summed E-state index contributed by atoms with van der Waals surface area (Å²) in [5, 5.41) is 2.52. The van der Waals surface area contributed by atoms with Gasteiger partial charge in [-0.2, -0.15) is 0 Å². The number of hydrogen-bond donors (Lipinski definition) is 0. The second kappa shape index (κ2) is 10.3. The van der Waals surface area contributed by atoms with Crippen molar-refractivity contribution < 1.29 is 19.0 Å². The number of benzene rings is 3. The lowest BCUT2D eigenvalue weighted by atomic mass is 10.1. The summed E-state index contributed by atoms with van der Waals surface area (Å²) in [7, 11) is 0. The van der Waals surface area contributed by atoms with E-state index < -0.39 is 6.10 Å². The maximum absolute atomic E-state index is 12.1. The number of rotatable bonds is 10. The SMILES string of the molecule is CCOC(=O)C(Cc1ccc(OCCn2c3ccccc3c3ccccc32)cc1)OCC. The fourth-order valence-corrected chi connectivity index (χ4v) is 4.08. The molecule has 0 saturated heterocycles. The lowest BCUT2D eigenvalue weighted by Gasteiger charge is -2.16. The first-order valence-corrected chi connectivity index (χ1v) is 11.2. The minimum absolute atomic E-state index is 0.319. The van der Waals surface area contributed by atoms with Gasteiger partial charge in [-0.25, -0.2) is 4.79 Å². The Morgan fingerprint density at radius 3 is 2.06 bits per heavy atom. The van der Waals surface area contributed by atoms with Gasteiger partial charge in [0.15, 0.2) is 6.10 Å². The van der Waals surface area contributed by atoms with Crippen LogP contribution in [-0.2, 0) is 27.2 Å². The Labute approximate surface area is 188 Å². The number of fused-ring (bicyclic) bond motifs is 3. The van der Waals surface area contributed by atoms with Crippen molar-refractivity contribution in [2.45, 2.75) is 32.9 Å². The molecule has 5 nitrogen and oxygen atoms in total. The third-order valence-electron chi connectivity index (χ3n) is 5.53. The zero-order valence-electron chi connectivity index (χ0n) is 18.6. The molecule has 4 rings (SSSR count). The van der Waals surface area contributed by atoms with Gasteiger partial charge in [0.2, 0.25) is 0 Å². The fraction of sp³-hybridized carbons (Fsp3) is 0.296.